The van der Waals surface area contributed by atoms with Crippen LogP contribution in [0.1, 0.15) is 16.8 Å². The van der Waals surface area contributed by atoms with Gasteiger partial charge in [0, 0.05) is 29.9 Å². The van der Waals surface area contributed by atoms with Crippen molar-refractivity contribution in [2.24, 2.45) is 5.73 Å². The number of aromatic nitrogens is 2. The van der Waals surface area contributed by atoms with Crippen LogP contribution in [0.15, 0.2) is 42.7 Å². The van der Waals surface area contributed by atoms with E-state index in [1.165, 1.54) is 0 Å². The molecule has 3 rings (SSSR count). The number of carbonyl (C=O) groups is 1. The second-order valence-corrected chi connectivity index (χ2v) is 6.22. The lowest BCUT2D eigenvalue weighted by atomic mass is 10.1. The van der Waals surface area contributed by atoms with Crippen molar-refractivity contribution in [2.45, 2.75) is 6.42 Å². The lowest BCUT2D eigenvalue weighted by Gasteiger charge is -2.10. The summed E-state index contributed by atoms with van der Waals surface area (Å²) >= 11 is 0. The zero-order valence-electron chi connectivity index (χ0n) is 14.5. The van der Waals surface area contributed by atoms with E-state index in [4.69, 9.17) is 10.5 Å². The molecule has 2 aromatic heterocycles. The summed E-state index contributed by atoms with van der Waals surface area (Å²) in [6.45, 7) is 1.69. The van der Waals surface area contributed by atoms with Gasteiger partial charge in [0.15, 0.2) is 0 Å². The maximum atomic E-state index is 11.5. The summed E-state index contributed by atoms with van der Waals surface area (Å²) < 4.78 is 5.75. The highest BCUT2D eigenvalue weighted by Crippen LogP contribution is 2.26. The van der Waals surface area contributed by atoms with Gasteiger partial charge in [-0.15, -0.1) is 0 Å². The zero-order chi connectivity index (χ0) is 17.8. The Morgan fingerprint density at radius 1 is 1.24 bits per heavy atom. The summed E-state index contributed by atoms with van der Waals surface area (Å²) in [4.78, 5) is 20.9. The predicted molar refractivity (Wildman–Crippen MR) is 98.7 cm³/mol. The van der Waals surface area contributed by atoms with Crippen LogP contribution in [0.3, 0.4) is 0 Å². The number of pyridine rings is 1. The first-order valence-corrected chi connectivity index (χ1v) is 8.19. The number of amides is 1. The Balaban J connectivity index is 1.74. The molecule has 1 amide bonds. The van der Waals surface area contributed by atoms with E-state index in [9.17, 15) is 4.79 Å². The van der Waals surface area contributed by atoms with Crippen LogP contribution in [0, 0.1) is 0 Å². The first kappa shape index (κ1) is 17.0. The molecule has 0 fully saturated rings. The van der Waals surface area contributed by atoms with Gasteiger partial charge >= 0.3 is 0 Å². The average molecular weight is 338 g/mol. The highest BCUT2D eigenvalue weighted by atomic mass is 16.5. The third-order valence-electron chi connectivity index (χ3n) is 4.00. The van der Waals surface area contributed by atoms with Crippen LogP contribution in [-0.2, 0) is 0 Å². The van der Waals surface area contributed by atoms with Crippen LogP contribution in [0.4, 0.5) is 0 Å². The molecular weight excluding hydrogens is 316 g/mol. The molecule has 2 heterocycles. The molecule has 0 atom stereocenters. The Morgan fingerprint density at radius 3 is 2.68 bits per heavy atom. The van der Waals surface area contributed by atoms with Crippen molar-refractivity contribution in [3.05, 3.63) is 48.3 Å². The summed E-state index contributed by atoms with van der Waals surface area (Å²) in [5.41, 5.74) is 8.43. The molecule has 0 aliphatic heterocycles. The molecule has 0 aliphatic carbocycles. The van der Waals surface area contributed by atoms with Crippen molar-refractivity contribution >= 4 is 16.9 Å². The second kappa shape index (κ2) is 7.36. The minimum Gasteiger partial charge on any atom is -0.494 e. The molecule has 0 unspecified atom stereocenters. The fourth-order valence-electron chi connectivity index (χ4n) is 2.68. The number of hydrogen-bond acceptors (Lipinski definition) is 4. The van der Waals surface area contributed by atoms with Crippen LogP contribution in [0.5, 0.6) is 5.75 Å². The van der Waals surface area contributed by atoms with Crippen LogP contribution in [0.2, 0.25) is 0 Å². The number of primary amides is 1. The maximum absolute atomic E-state index is 11.5. The molecule has 0 aliphatic rings. The second-order valence-electron chi connectivity index (χ2n) is 6.22. The van der Waals surface area contributed by atoms with Gasteiger partial charge in [-0.1, -0.05) is 12.1 Å². The van der Waals surface area contributed by atoms with Crippen molar-refractivity contribution < 1.29 is 9.53 Å². The largest absolute Gasteiger partial charge is 0.494 e. The van der Waals surface area contributed by atoms with E-state index in [0.29, 0.717) is 17.8 Å². The van der Waals surface area contributed by atoms with E-state index in [1.54, 1.807) is 12.4 Å². The van der Waals surface area contributed by atoms with Crippen molar-refractivity contribution in [3.63, 3.8) is 0 Å². The fourth-order valence-corrected chi connectivity index (χ4v) is 2.68. The van der Waals surface area contributed by atoms with E-state index in [0.717, 1.165) is 35.2 Å². The van der Waals surface area contributed by atoms with Gasteiger partial charge in [-0.25, -0.2) is 4.98 Å². The van der Waals surface area contributed by atoms with Gasteiger partial charge in [-0.2, -0.15) is 0 Å². The monoisotopic (exact) mass is 338 g/mol. The number of nitrogens with one attached hydrogen (secondary N) is 1. The summed E-state index contributed by atoms with van der Waals surface area (Å²) in [5, 5.41) is 0.731. The van der Waals surface area contributed by atoms with E-state index >= 15 is 0 Å². The topological polar surface area (TPSA) is 84.2 Å². The van der Waals surface area contributed by atoms with Crippen molar-refractivity contribution in [1.29, 1.82) is 0 Å². The smallest absolute Gasteiger partial charge is 0.250 e. The van der Waals surface area contributed by atoms with E-state index in [1.807, 2.05) is 44.4 Å². The lowest BCUT2D eigenvalue weighted by molar-refractivity contribution is 0.100. The number of fused-ring (bicyclic) bond motifs is 1. The number of ether oxygens (including phenoxy) is 1. The molecular formula is C19H22N4O2. The number of carbonyl (C=O) groups excluding carboxylic acids is 1. The molecule has 130 valence electrons. The van der Waals surface area contributed by atoms with Crippen LogP contribution in [0.25, 0.3) is 22.2 Å². The van der Waals surface area contributed by atoms with Crippen molar-refractivity contribution in [1.82, 2.24) is 14.9 Å². The van der Waals surface area contributed by atoms with Crippen molar-refractivity contribution in [2.75, 3.05) is 27.2 Å². The van der Waals surface area contributed by atoms with Crippen molar-refractivity contribution in [3.8, 4) is 16.9 Å². The van der Waals surface area contributed by atoms with Gasteiger partial charge in [0.05, 0.1) is 12.2 Å². The molecule has 0 radical (unpaired) electrons. The molecule has 6 heteroatoms. The van der Waals surface area contributed by atoms with Gasteiger partial charge in [0.1, 0.15) is 11.4 Å². The number of rotatable bonds is 7. The van der Waals surface area contributed by atoms with Crippen LogP contribution >= 0.6 is 0 Å². The third-order valence-corrected chi connectivity index (χ3v) is 4.00. The Morgan fingerprint density at radius 2 is 2.00 bits per heavy atom. The Kier molecular flexibility index (Phi) is 5.00. The normalized spacial score (nSPS) is 11.2. The minimum atomic E-state index is -0.466. The van der Waals surface area contributed by atoms with E-state index in [-0.39, 0.29) is 0 Å². The number of H-pyrrole nitrogens is 1. The standard InChI is InChI=1S/C19H22N4O2/c1-23(2)8-3-9-25-15-6-4-13(5-7-15)14-10-16-17(18(20)24)12-22-19(16)21-11-14/h4-7,10-12H,3,8-9H2,1-2H3,(H2,20,24)(H,21,22). The molecule has 6 nitrogen and oxygen atoms in total. The van der Waals surface area contributed by atoms with Gasteiger partial charge < -0.3 is 20.4 Å². The molecule has 0 bridgehead atoms. The SMILES string of the molecule is CN(C)CCCOc1ccc(-c2cnc3[nH]cc(C(N)=O)c3c2)cc1. The van der Waals surface area contributed by atoms with Crippen LogP contribution in [-0.4, -0.2) is 48.0 Å². The highest BCUT2D eigenvalue weighted by Gasteiger charge is 2.11. The molecule has 0 saturated carbocycles. The van der Waals surface area contributed by atoms with Crippen LogP contribution < -0.4 is 10.5 Å². The van der Waals surface area contributed by atoms with Gasteiger partial charge in [-0.05, 0) is 44.3 Å². The summed E-state index contributed by atoms with van der Waals surface area (Å²) in [5.74, 6) is 0.377. The summed E-state index contributed by atoms with van der Waals surface area (Å²) in [6, 6.07) is 9.79. The van der Waals surface area contributed by atoms with E-state index < -0.39 is 5.91 Å². The lowest BCUT2D eigenvalue weighted by Crippen LogP contribution is -2.15. The minimum absolute atomic E-state index is 0.449. The number of nitrogens with zero attached hydrogens (tertiary/aromatic N) is 2. The zero-order valence-corrected chi connectivity index (χ0v) is 14.5. The molecule has 0 saturated heterocycles. The summed E-state index contributed by atoms with van der Waals surface area (Å²) in [6.07, 6.45) is 4.35. The molecule has 1 aromatic carbocycles. The quantitative estimate of drug-likeness (QED) is 0.649. The number of benzene rings is 1. The highest BCUT2D eigenvalue weighted by molar-refractivity contribution is 6.05. The molecule has 0 spiro atoms. The number of aromatic amines is 1. The predicted octanol–water partition coefficient (Wildman–Crippen LogP) is 2.66. The Hall–Kier alpha value is -2.86. The average Bonchev–Trinajstić information content (AvgIpc) is 3.02. The Labute approximate surface area is 146 Å². The number of nitrogens with two attached hydrogens (primary N) is 1. The van der Waals surface area contributed by atoms with Gasteiger partial charge in [0.2, 0.25) is 0 Å². The number of hydrogen-bond donors (Lipinski definition) is 2. The summed E-state index contributed by atoms with van der Waals surface area (Å²) in [7, 11) is 4.10. The first-order valence-electron chi connectivity index (χ1n) is 8.19. The maximum Gasteiger partial charge on any atom is 0.250 e. The molecule has 3 N–H and O–H groups in total. The Bertz CT molecular complexity index is 869. The van der Waals surface area contributed by atoms with E-state index in [2.05, 4.69) is 14.9 Å². The first-order chi connectivity index (χ1) is 12.0. The molecule has 25 heavy (non-hydrogen) atoms. The molecule has 3 aromatic rings. The third kappa shape index (κ3) is 3.97. The van der Waals surface area contributed by atoms with Gasteiger partial charge in [0.25, 0.3) is 5.91 Å². The van der Waals surface area contributed by atoms with Gasteiger partial charge in [-0.3, -0.25) is 4.79 Å². The fraction of sp³-hybridized carbons (Fsp3) is 0.263.